The number of nitrogens with one attached hydrogen (secondary N) is 2. The lowest BCUT2D eigenvalue weighted by atomic mass is 10.2. The molecular weight excluding hydrogens is 300 g/mol. The molecule has 2 N–H and O–H groups in total. The van der Waals surface area contributed by atoms with Crippen LogP contribution in [0.15, 0.2) is 0 Å². The molecule has 1 heterocycles. The van der Waals surface area contributed by atoms with E-state index in [4.69, 9.17) is 0 Å². The van der Waals surface area contributed by atoms with Gasteiger partial charge in [0.05, 0.1) is 17.3 Å². The van der Waals surface area contributed by atoms with Gasteiger partial charge in [-0.1, -0.05) is 13.8 Å². The molecule has 1 saturated heterocycles. The highest BCUT2D eigenvalue weighted by Crippen LogP contribution is 2.13. The molecule has 8 heteroatoms. The molecule has 0 bridgehead atoms. The monoisotopic (exact) mass is 326 g/mol. The first kappa shape index (κ1) is 17.9. The molecule has 0 aromatic heterocycles. The smallest absolute Gasteiger partial charge is 0.211 e. The molecule has 1 aliphatic heterocycles. The highest BCUT2D eigenvalue weighted by atomic mass is 32.2. The van der Waals surface area contributed by atoms with Crippen LogP contribution in [0.5, 0.6) is 0 Å². The minimum Gasteiger partial charge on any atom is -0.315 e. The van der Waals surface area contributed by atoms with Gasteiger partial charge in [0.2, 0.25) is 10.0 Å². The Kier molecular flexibility index (Phi) is 6.90. The van der Waals surface area contributed by atoms with Crippen molar-refractivity contribution in [3.8, 4) is 0 Å². The van der Waals surface area contributed by atoms with Gasteiger partial charge < -0.3 is 5.32 Å². The van der Waals surface area contributed by atoms with Crippen LogP contribution in [-0.2, 0) is 19.9 Å². The summed E-state index contributed by atoms with van der Waals surface area (Å²) in [5.41, 5.74) is 0. The Bertz CT molecular complexity index is 486. The van der Waals surface area contributed by atoms with Gasteiger partial charge in [0.25, 0.3) is 0 Å². The van der Waals surface area contributed by atoms with E-state index in [-0.39, 0.29) is 17.3 Å². The van der Waals surface area contributed by atoms with Gasteiger partial charge in [-0.15, -0.1) is 0 Å². The molecule has 1 unspecified atom stereocenters. The fourth-order valence-electron chi connectivity index (χ4n) is 2.24. The van der Waals surface area contributed by atoms with Crippen LogP contribution in [0.25, 0.3) is 0 Å². The van der Waals surface area contributed by atoms with E-state index in [1.165, 1.54) is 0 Å². The Hall–Kier alpha value is -0.180. The fourth-order valence-corrected chi connectivity index (χ4v) is 5.39. The van der Waals surface area contributed by atoms with Crippen LogP contribution in [0.2, 0.25) is 0 Å². The molecule has 120 valence electrons. The summed E-state index contributed by atoms with van der Waals surface area (Å²) in [5, 5.41) is 3.23. The molecule has 0 radical (unpaired) electrons. The van der Waals surface area contributed by atoms with Gasteiger partial charge in [-0.25, -0.2) is 21.6 Å². The zero-order valence-electron chi connectivity index (χ0n) is 12.3. The maximum absolute atomic E-state index is 11.9. The first-order valence-electron chi connectivity index (χ1n) is 7.14. The van der Waals surface area contributed by atoms with Crippen LogP contribution in [0.1, 0.15) is 39.5 Å². The van der Waals surface area contributed by atoms with E-state index in [9.17, 15) is 16.8 Å². The predicted molar refractivity (Wildman–Crippen MR) is 81.0 cm³/mol. The van der Waals surface area contributed by atoms with Crippen LogP contribution in [-0.4, -0.2) is 52.7 Å². The molecule has 20 heavy (non-hydrogen) atoms. The number of hydrogen-bond acceptors (Lipinski definition) is 5. The quantitative estimate of drug-likeness (QED) is 0.624. The zero-order chi connectivity index (χ0) is 15.2. The summed E-state index contributed by atoms with van der Waals surface area (Å²) in [6, 6.07) is -0.0512. The number of unbranched alkanes of at least 4 members (excludes halogenated alkanes) is 1. The van der Waals surface area contributed by atoms with Crippen LogP contribution >= 0.6 is 0 Å². The molecular formula is C12H26N2O4S2. The van der Waals surface area contributed by atoms with E-state index in [0.717, 1.165) is 13.0 Å². The van der Waals surface area contributed by atoms with Crippen LogP contribution in [0, 0.1) is 0 Å². The third-order valence-electron chi connectivity index (χ3n) is 3.20. The van der Waals surface area contributed by atoms with Crippen molar-refractivity contribution in [3.05, 3.63) is 0 Å². The summed E-state index contributed by atoms with van der Waals surface area (Å²) in [6.07, 6.45) is 2.51. The third-order valence-corrected chi connectivity index (χ3v) is 6.54. The highest BCUT2D eigenvalue weighted by Gasteiger charge is 2.27. The topological polar surface area (TPSA) is 92.3 Å². The van der Waals surface area contributed by atoms with E-state index < -0.39 is 25.9 Å². The molecule has 1 aliphatic rings. The van der Waals surface area contributed by atoms with Crippen LogP contribution < -0.4 is 10.0 Å². The van der Waals surface area contributed by atoms with Gasteiger partial charge in [0, 0.05) is 12.1 Å². The number of hydrogen-bond donors (Lipinski definition) is 2. The van der Waals surface area contributed by atoms with Crippen molar-refractivity contribution in [1.82, 2.24) is 10.0 Å². The molecule has 0 aromatic rings. The summed E-state index contributed by atoms with van der Waals surface area (Å²) in [4.78, 5) is 0. The molecule has 1 atom stereocenters. The summed E-state index contributed by atoms with van der Waals surface area (Å²) in [7, 11) is -6.45. The Morgan fingerprint density at radius 2 is 1.95 bits per heavy atom. The van der Waals surface area contributed by atoms with Crippen molar-refractivity contribution < 1.29 is 16.8 Å². The summed E-state index contributed by atoms with van der Waals surface area (Å²) in [5.74, 6) is 0.163. The lowest BCUT2D eigenvalue weighted by molar-refractivity contribution is 0.514. The van der Waals surface area contributed by atoms with Gasteiger partial charge in [-0.2, -0.15) is 0 Å². The van der Waals surface area contributed by atoms with E-state index in [2.05, 4.69) is 10.0 Å². The highest BCUT2D eigenvalue weighted by molar-refractivity contribution is 7.91. The first-order valence-corrected chi connectivity index (χ1v) is 10.6. The molecule has 6 nitrogen and oxygen atoms in total. The number of sulfonamides is 1. The Morgan fingerprint density at radius 3 is 2.55 bits per heavy atom. The van der Waals surface area contributed by atoms with Crippen LogP contribution in [0.3, 0.4) is 0 Å². The minimum atomic E-state index is -3.37. The van der Waals surface area contributed by atoms with Gasteiger partial charge >= 0.3 is 0 Å². The molecule has 0 aromatic carbocycles. The zero-order valence-corrected chi connectivity index (χ0v) is 13.9. The minimum absolute atomic E-state index is 0.0589. The van der Waals surface area contributed by atoms with Gasteiger partial charge in [0.15, 0.2) is 9.84 Å². The van der Waals surface area contributed by atoms with E-state index in [1.807, 2.05) is 13.8 Å². The SMILES string of the molecule is CC(C)NCCCCS(=O)(=O)NC1CCCS(=O)(=O)C1. The van der Waals surface area contributed by atoms with Gasteiger partial charge in [-0.3, -0.25) is 0 Å². The van der Waals surface area contributed by atoms with Crippen molar-refractivity contribution in [3.63, 3.8) is 0 Å². The molecule has 0 spiro atoms. The standard InChI is InChI=1S/C12H26N2O4S2/c1-11(2)13-7-3-4-9-20(17,18)14-12-6-5-8-19(15,16)10-12/h11-14H,3-10H2,1-2H3. The molecule has 0 amide bonds. The van der Waals surface area contributed by atoms with Crippen LogP contribution in [0.4, 0.5) is 0 Å². The predicted octanol–water partition coefficient (Wildman–Crippen LogP) is 0.261. The lowest BCUT2D eigenvalue weighted by Gasteiger charge is -2.22. The molecule has 1 rings (SSSR count). The van der Waals surface area contributed by atoms with Crippen molar-refractivity contribution >= 4 is 19.9 Å². The Balaban J connectivity index is 2.31. The van der Waals surface area contributed by atoms with Crippen molar-refractivity contribution in [2.24, 2.45) is 0 Å². The molecule has 0 aliphatic carbocycles. The third kappa shape index (κ3) is 7.56. The second kappa shape index (κ2) is 7.72. The maximum Gasteiger partial charge on any atom is 0.211 e. The van der Waals surface area contributed by atoms with Crippen molar-refractivity contribution in [2.45, 2.75) is 51.6 Å². The lowest BCUT2D eigenvalue weighted by Crippen LogP contribution is -2.44. The second-order valence-corrected chi connectivity index (χ2v) is 9.81. The largest absolute Gasteiger partial charge is 0.315 e. The normalized spacial score (nSPS) is 23.1. The van der Waals surface area contributed by atoms with Crippen molar-refractivity contribution in [1.29, 1.82) is 0 Å². The second-order valence-electron chi connectivity index (χ2n) is 5.71. The van der Waals surface area contributed by atoms with E-state index >= 15 is 0 Å². The number of rotatable bonds is 8. The van der Waals surface area contributed by atoms with E-state index in [1.54, 1.807) is 0 Å². The summed E-state index contributed by atoms with van der Waals surface area (Å²) in [6.45, 7) is 4.88. The van der Waals surface area contributed by atoms with Crippen molar-refractivity contribution in [2.75, 3.05) is 23.8 Å². The fraction of sp³-hybridized carbons (Fsp3) is 1.00. The molecule has 0 saturated carbocycles. The van der Waals surface area contributed by atoms with Gasteiger partial charge in [0.1, 0.15) is 0 Å². The Labute approximate surface area is 122 Å². The summed E-state index contributed by atoms with van der Waals surface area (Å²) >= 11 is 0. The number of sulfone groups is 1. The van der Waals surface area contributed by atoms with E-state index in [0.29, 0.717) is 25.3 Å². The van der Waals surface area contributed by atoms with Gasteiger partial charge in [-0.05, 0) is 32.2 Å². The summed E-state index contributed by atoms with van der Waals surface area (Å²) < 4.78 is 49.2. The molecule has 1 fully saturated rings. The first-order chi connectivity index (χ1) is 9.20. The Morgan fingerprint density at radius 1 is 1.25 bits per heavy atom. The average Bonchev–Trinajstić information content (AvgIpc) is 2.25. The average molecular weight is 326 g/mol. The maximum atomic E-state index is 11.9.